The summed E-state index contributed by atoms with van der Waals surface area (Å²) in [5, 5.41) is 11.8. The molecule has 0 aliphatic carbocycles. The van der Waals surface area contributed by atoms with E-state index in [-0.39, 0.29) is 16.9 Å². The van der Waals surface area contributed by atoms with E-state index in [0.29, 0.717) is 16.9 Å². The molecule has 0 unspecified atom stereocenters. The van der Waals surface area contributed by atoms with Crippen LogP contribution in [0.4, 0.5) is 22.7 Å². The molecule has 0 aliphatic heterocycles. The van der Waals surface area contributed by atoms with Crippen molar-refractivity contribution in [1.82, 2.24) is 5.32 Å². The number of aryl methyl sites for hydroxylation is 1. The van der Waals surface area contributed by atoms with E-state index in [4.69, 9.17) is 12.2 Å². The van der Waals surface area contributed by atoms with Crippen molar-refractivity contribution in [3.05, 3.63) is 126 Å². The zero-order valence-corrected chi connectivity index (χ0v) is 21.0. The molecule has 0 spiro atoms. The fourth-order valence-corrected chi connectivity index (χ4v) is 3.68. The summed E-state index contributed by atoms with van der Waals surface area (Å²) in [5.41, 5.74) is 5.46. The van der Waals surface area contributed by atoms with Gasteiger partial charge in [-0.2, -0.15) is 0 Å². The maximum atomic E-state index is 13.0. The highest BCUT2D eigenvalue weighted by Gasteiger charge is 2.13. The van der Waals surface area contributed by atoms with Crippen molar-refractivity contribution in [3.8, 4) is 0 Å². The first-order valence-corrected chi connectivity index (χ1v) is 12.1. The van der Waals surface area contributed by atoms with Crippen LogP contribution in [0.5, 0.6) is 0 Å². The monoisotopic (exact) mass is 506 g/mol. The molecule has 0 atom stereocenters. The Hall–Kier alpha value is -4.75. The van der Waals surface area contributed by atoms with Gasteiger partial charge in [-0.3, -0.25) is 14.9 Å². The molecule has 0 bridgehead atoms. The predicted molar refractivity (Wildman–Crippen MR) is 155 cm³/mol. The Morgan fingerprint density at radius 3 is 2.05 bits per heavy atom. The van der Waals surface area contributed by atoms with Crippen LogP contribution >= 0.6 is 12.2 Å². The first-order chi connectivity index (χ1) is 18.0. The lowest BCUT2D eigenvalue weighted by Gasteiger charge is -2.13. The molecule has 6 nitrogen and oxygen atoms in total. The van der Waals surface area contributed by atoms with Gasteiger partial charge in [0, 0.05) is 23.1 Å². The molecular formula is C30H26N4O2S. The van der Waals surface area contributed by atoms with Crippen LogP contribution in [-0.2, 0) is 4.79 Å². The Morgan fingerprint density at radius 1 is 0.703 bits per heavy atom. The molecule has 0 aromatic heterocycles. The molecule has 37 heavy (non-hydrogen) atoms. The lowest BCUT2D eigenvalue weighted by molar-refractivity contribution is -0.115. The van der Waals surface area contributed by atoms with Crippen LogP contribution in [-0.4, -0.2) is 16.9 Å². The van der Waals surface area contributed by atoms with Crippen molar-refractivity contribution in [2.75, 3.05) is 16.0 Å². The summed E-state index contributed by atoms with van der Waals surface area (Å²) in [7, 11) is 0. The van der Waals surface area contributed by atoms with Crippen LogP contribution in [0.15, 0.2) is 109 Å². The summed E-state index contributed by atoms with van der Waals surface area (Å²) >= 11 is 5.29. The van der Waals surface area contributed by atoms with Gasteiger partial charge in [0.15, 0.2) is 5.11 Å². The molecule has 0 aliphatic rings. The second-order valence-electron chi connectivity index (χ2n) is 8.26. The number of carbonyl (C=O) groups excluding carboxylic acids is 2. The Morgan fingerprint density at radius 2 is 1.32 bits per heavy atom. The van der Waals surface area contributed by atoms with Crippen molar-refractivity contribution >= 4 is 58.0 Å². The minimum atomic E-state index is -0.371. The number of anilines is 4. The van der Waals surface area contributed by atoms with Gasteiger partial charge in [0.1, 0.15) is 0 Å². The number of carbonyl (C=O) groups is 2. The van der Waals surface area contributed by atoms with E-state index < -0.39 is 0 Å². The number of hydrogen-bond donors (Lipinski definition) is 4. The van der Waals surface area contributed by atoms with Crippen LogP contribution in [0.3, 0.4) is 0 Å². The van der Waals surface area contributed by atoms with Crippen molar-refractivity contribution in [2.45, 2.75) is 6.92 Å². The van der Waals surface area contributed by atoms with Gasteiger partial charge in [-0.05, 0) is 79.3 Å². The number of amides is 2. The lowest BCUT2D eigenvalue weighted by atomic mass is 10.1. The second kappa shape index (κ2) is 12.3. The Labute approximate surface area is 221 Å². The minimum Gasteiger partial charge on any atom is -0.356 e. The lowest BCUT2D eigenvalue weighted by Crippen LogP contribution is -2.33. The third-order valence-corrected chi connectivity index (χ3v) is 5.57. The normalized spacial score (nSPS) is 10.5. The van der Waals surface area contributed by atoms with E-state index in [9.17, 15) is 9.59 Å². The van der Waals surface area contributed by atoms with Crippen LogP contribution in [0.1, 0.15) is 21.5 Å². The number of rotatable bonds is 7. The van der Waals surface area contributed by atoms with Gasteiger partial charge in [0.05, 0.1) is 11.3 Å². The van der Waals surface area contributed by atoms with E-state index in [1.807, 2.05) is 85.8 Å². The molecule has 7 heteroatoms. The quantitative estimate of drug-likeness (QED) is 0.170. The molecular weight excluding hydrogens is 480 g/mol. The smallest absolute Gasteiger partial charge is 0.257 e. The molecule has 4 rings (SSSR count). The van der Waals surface area contributed by atoms with Crippen molar-refractivity contribution in [1.29, 1.82) is 0 Å². The van der Waals surface area contributed by atoms with Gasteiger partial charge >= 0.3 is 0 Å². The number of nitrogens with one attached hydrogen (secondary N) is 4. The van der Waals surface area contributed by atoms with Crippen molar-refractivity contribution in [3.63, 3.8) is 0 Å². The Bertz CT molecular complexity index is 1420. The average molecular weight is 507 g/mol. The number of thiocarbonyl (C=S) groups is 1. The average Bonchev–Trinajstić information content (AvgIpc) is 2.90. The maximum Gasteiger partial charge on any atom is 0.257 e. The molecule has 0 radical (unpaired) electrons. The molecule has 0 fully saturated rings. The first-order valence-electron chi connectivity index (χ1n) is 11.7. The van der Waals surface area contributed by atoms with Crippen LogP contribution in [0.2, 0.25) is 0 Å². The molecule has 4 N–H and O–H groups in total. The minimum absolute atomic E-state index is 0.0927. The molecule has 0 saturated carbocycles. The molecule has 184 valence electrons. The zero-order chi connectivity index (χ0) is 26.0. The Balaban J connectivity index is 1.35. The van der Waals surface area contributed by atoms with Crippen LogP contribution in [0.25, 0.3) is 6.08 Å². The van der Waals surface area contributed by atoms with Gasteiger partial charge in [-0.1, -0.05) is 60.2 Å². The largest absolute Gasteiger partial charge is 0.356 e. The van der Waals surface area contributed by atoms with E-state index >= 15 is 0 Å². The zero-order valence-electron chi connectivity index (χ0n) is 20.2. The third kappa shape index (κ3) is 7.62. The first kappa shape index (κ1) is 25.3. The summed E-state index contributed by atoms with van der Waals surface area (Å²) in [4.78, 5) is 25.3. The van der Waals surface area contributed by atoms with Crippen LogP contribution < -0.4 is 21.3 Å². The van der Waals surface area contributed by atoms with Gasteiger partial charge in [-0.25, -0.2) is 0 Å². The third-order valence-electron chi connectivity index (χ3n) is 5.37. The molecule has 4 aromatic carbocycles. The van der Waals surface area contributed by atoms with Gasteiger partial charge in [-0.15, -0.1) is 0 Å². The number of benzene rings is 4. The van der Waals surface area contributed by atoms with Crippen molar-refractivity contribution in [2.24, 2.45) is 0 Å². The summed E-state index contributed by atoms with van der Waals surface area (Å²) in [6.45, 7) is 2.00. The van der Waals surface area contributed by atoms with Gasteiger partial charge in [0.2, 0.25) is 5.91 Å². The SMILES string of the molecule is Cc1ccc(C=CC(=O)NC(=S)Nc2ccccc2C(=O)Nc2ccc(Nc3ccccc3)cc2)cc1. The predicted octanol–water partition coefficient (Wildman–Crippen LogP) is 6.52. The fraction of sp³-hybridized carbons (Fsp3) is 0.0333. The number of para-hydroxylation sites is 2. The molecule has 4 aromatic rings. The van der Waals surface area contributed by atoms with Crippen molar-refractivity contribution < 1.29 is 9.59 Å². The summed E-state index contributed by atoms with van der Waals surface area (Å²) in [5.74, 6) is -0.676. The highest BCUT2D eigenvalue weighted by Crippen LogP contribution is 2.21. The molecule has 2 amide bonds. The summed E-state index contributed by atoms with van der Waals surface area (Å²) < 4.78 is 0. The molecule has 0 heterocycles. The highest BCUT2D eigenvalue weighted by molar-refractivity contribution is 7.80. The summed E-state index contributed by atoms with van der Waals surface area (Å²) in [6.07, 6.45) is 3.12. The van der Waals surface area contributed by atoms with Crippen LogP contribution in [0, 0.1) is 6.92 Å². The van der Waals surface area contributed by atoms with E-state index in [1.165, 1.54) is 6.08 Å². The van der Waals surface area contributed by atoms with E-state index in [2.05, 4.69) is 21.3 Å². The highest BCUT2D eigenvalue weighted by atomic mass is 32.1. The van der Waals surface area contributed by atoms with Gasteiger partial charge < -0.3 is 16.0 Å². The van der Waals surface area contributed by atoms with E-state index in [0.717, 1.165) is 22.5 Å². The fourth-order valence-electron chi connectivity index (χ4n) is 3.47. The molecule has 0 saturated heterocycles. The van der Waals surface area contributed by atoms with E-state index in [1.54, 1.807) is 30.3 Å². The van der Waals surface area contributed by atoms with Gasteiger partial charge in [0.25, 0.3) is 5.91 Å². The maximum absolute atomic E-state index is 13.0. The summed E-state index contributed by atoms with van der Waals surface area (Å²) in [6, 6.07) is 32.0. The number of hydrogen-bond acceptors (Lipinski definition) is 4. The topological polar surface area (TPSA) is 82.3 Å². The Kier molecular flexibility index (Phi) is 8.41. The second-order valence-corrected chi connectivity index (χ2v) is 8.66. The standard InChI is InChI=1S/C30H26N4O2S/c1-21-11-13-22(14-12-21)15-20-28(35)34-30(37)33-27-10-6-5-9-26(27)29(36)32-25-18-16-24(17-19-25)31-23-7-3-2-4-8-23/h2-20,31H,1H3,(H,32,36)(H2,33,34,35,37).